The maximum absolute atomic E-state index is 12.4. The molecule has 1 aromatic rings. The van der Waals surface area contributed by atoms with E-state index in [1.807, 2.05) is 30.1 Å². The van der Waals surface area contributed by atoms with E-state index in [-0.39, 0.29) is 18.6 Å². The van der Waals surface area contributed by atoms with Crippen LogP contribution < -0.4 is 0 Å². The van der Waals surface area contributed by atoms with E-state index in [4.69, 9.17) is 0 Å². The summed E-state index contributed by atoms with van der Waals surface area (Å²) in [4.78, 5) is 20.4. The molecule has 5 heteroatoms. The normalized spacial score (nSPS) is 25.4. The summed E-state index contributed by atoms with van der Waals surface area (Å²) in [7, 11) is 1.90. The summed E-state index contributed by atoms with van der Waals surface area (Å²) in [6, 6.07) is 5.54. The molecule has 2 unspecified atom stereocenters. The monoisotopic (exact) mass is 263 g/mol. The van der Waals surface area contributed by atoms with E-state index in [2.05, 4.69) is 11.9 Å². The van der Waals surface area contributed by atoms with E-state index in [1.54, 1.807) is 11.1 Å². The van der Waals surface area contributed by atoms with Gasteiger partial charge in [0.05, 0.1) is 18.8 Å². The molecule has 2 atom stereocenters. The number of aliphatic hydroxyl groups excluding tert-OH is 1. The first-order valence-corrected chi connectivity index (χ1v) is 6.65. The van der Waals surface area contributed by atoms with Crippen LogP contribution >= 0.6 is 0 Å². The zero-order valence-electron chi connectivity index (χ0n) is 11.5. The van der Waals surface area contributed by atoms with E-state index in [0.29, 0.717) is 13.1 Å². The molecular formula is C14H21N3O2. The highest BCUT2D eigenvalue weighted by molar-refractivity contribution is 5.82. The molecule has 1 aromatic heterocycles. The summed E-state index contributed by atoms with van der Waals surface area (Å²) in [5.74, 6) is -0.0139. The predicted molar refractivity (Wildman–Crippen MR) is 72.4 cm³/mol. The lowest BCUT2D eigenvalue weighted by Crippen LogP contribution is -2.48. The van der Waals surface area contributed by atoms with Crippen molar-refractivity contribution in [2.24, 2.45) is 0 Å². The Labute approximate surface area is 113 Å². The van der Waals surface area contributed by atoms with Gasteiger partial charge >= 0.3 is 0 Å². The first-order chi connectivity index (χ1) is 9.13. The molecule has 1 aliphatic rings. The van der Waals surface area contributed by atoms with Crippen molar-refractivity contribution < 1.29 is 9.90 Å². The molecule has 2 heterocycles. The van der Waals surface area contributed by atoms with Crippen LogP contribution in [0.25, 0.3) is 0 Å². The number of likely N-dealkylation sites (N-methyl/N-ethyl adjacent to an activating group) is 1. The van der Waals surface area contributed by atoms with Gasteiger partial charge in [-0.1, -0.05) is 6.07 Å². The Morgan fingerprint density at radius 2 is 2.26 bits per heavy atom. The van der Waals surface area contributed by atoms with Gasteiger partial charge in [-0.05, 0) is 32.5 Å². The minimum atomic E-state index is -0.443. The van der Waals surface area contributed by atoms with Gasteiger partial charge in [-0.25, -0.2) is 0 Å². The van der Waals surface area contributed by atoms with Crippen molar-refractivity contribution in [1.82, 2.24) is 14.8 Å². The van der Waals surface area contributed by atoms with Crippen molar-refractivity contribution in [3.8, 4) is 0 Å². The highest BCUT2D eigenvalue weighted by atomic mass is 16.3. The number of aliphatic hydroxyl groups is 1. The Balaban J connectivity index is 2.14. The van der Waals surface area contributed by atoms with Gasteiger partial charge in [0.2, 0.25) is 5.91 Å². The maximum Gasteiger partial charge on any atom is 0.242 e. The van der Waals surface area contributed by atoms with Crippen LogP contribution in [0.1, 0.15) is 19.0 Å². The Bertz CT molecular complexity index is 424. The number of rotatable bonds is 3. The minimum Gasteiger partial charge on any atom is -0.394 e. The molecule has 1 N–H and O–H groups in total. The van der Waals surface area contributed by atoms with Gasteiger partial charge in [-0.2, -0.15) is 0 Å². The van der Waals surface area contributed by atoms with Gasteiger partial charge in [-0.3, -0.25) is 14.7 Å². The summed E-state index contributed by atoms with van der Waals surface area (Å²) in [5, 5.41) is 9.45. The van der Waals surface area contributed by atoms with E-state index < -0.39 is 6.04 Å². The van der Waals surface area contributed by atoms with Crippen molar-refractivity contribution in [3.63, 3.8) is 0 Å². The number of carbonyl (C=O) groups is 1. The second-order valence-electron chi connectivity index (χ2n) is 5.08. The lowest BCUT2D eigenvalue weighted by atomic mass is 10.2. The molecule has 1 amide bonds. The highest BCUT2D eigenvalue weighted by Gasteiger charge is 2.33. The molecule has 0 spiro atoms. The fraction of sp³-hybridized carbons (Fsp3) is 0.571. The van der Waals surface area contributed by atoms with E-state index >= 15 is 0 Å². The van der Waals surface area contributed by atoms with Crippen molar-refractivity contribution in [2.45, 2.75) is 32.0 Å². The van der Waals surface area contributed by atoms with Gasteiger partial charge < -0.3 is 10.0 Å². The summed E-state index contributed by atoms with van der Waals surface area (Å²) >= 11 is 0. The molecule has 19 heavy (non-hydrogen) atoms. The fourth-order valence-electron chi connectivity index (χ4n) is 2.40. The van der Waals surface area contributed by atoms with Crippen LogP contribution in [0, 0.1) is 0 Å². The summed E-state index contributed by atoms with van der Waals surface area (Å²) in [6.07, 6.45) is 2.64. The molecule has 0 bridgehead atoms. The van der Waals surface area contributed by atoms with Crippen LogP contribution in [0.15, 0.2) is 24.4 Å². The Kier molecular flexibility index (Phi) is 4.50. The van der Waals surface area contributed by atoms with Crippen LogP contribution in [0.3, 0.4) is 0 Å². The lowest BCUT2D eigenvalue weighted by molar-refractivity contribution is -0.137. The van der Waals surface area contributed by atoms with Crippen molar-refractivity contribution in [3.05, 3.63) is 30.1 Å². The van der Waals surface area contributed by atoms with Crippen LogP contribution in [0.5, 0.6) is 0 Å². The fourth-order valence-corrected chi connectivity index (χ4v) is 2.40. The Hall–Kier alpha value is -1.46. The maximum atomic E-state index is 12.4. The Morgan fingerprint density at radius 1 is 1.47 bits per heavy atom. The SMILES string of the molecule is CC1CCN(Cc2ccccn2)C(=O)C(CO)N1C. The van der Waals surface area contributed by atoms with Gasteiger partial charge in [0.15, 0.2) is 0 Å². The number of hydrogen-bond donors (Lipinski definition) is 1. The first-order valence-electron chi connectivity index (χ1n) is 6.65. The second kappa shape index (κ2) is 6.12. The largest absolute Gasteiger partial charge is 0.394 e. The number of amides is 1. The quantitative estimate of drug-likeness (QED) is 0.862. The summed E-state index contributed by atoms with van der Waals surface area (Å²) < 4.78 is 0. The van der Waals surface area contributed by atoms with Crippen molar-refractivity contribution >= 4 is 5.91 Å². The van der Waals surface area contributed by atoms with Gasteiger partial charge in [0.25, 0.3) is 0 Å². The molecule has 0 aliphatic carbocycles. The lowest BCUT2D eigenvalue weighted by Gasteiger charge is -2.28. The number of aromatic nitrogens is 1. The van der Waals surface area contributed by atoms with Crippen LogP contribution in [-0.2, 0) is 11.3 Å². The standard InChI is InChI=1S/C14H21N3O2/c1-11-6-8-17(9-12-5-3-4-7-15-12)14(19)13(10-18)16(11)2/h3-5,7,11,13,18H,6,8-10H2,1-2H3. The molecule has 1 fully saturated rings. The number of nitrogens with zero attached hydrogens (tertiary/aromatic N) is 3. The highest BCUT2D eigenvalue weighted by Crippen LogP contribution is 2.17. The third-order valence-electron chi connectivity index (χ3n) is 3.85. The molecule has 0 radical (unpaired) electrons. The Morgan fingerprint density at radius 3 is 2.89 bits per heavy atom. The number of carbonyl (C=O) groups excluding carboxylic acids is 1. The molecule has 1 saturated heterocycles. The first kappa shape index (κ1) is 14.0. The topological polar surface area (TPSA) is 56.7 Å². The number of pyridine rings is 1. The summed E-state index contributed by atoms with van der Waals surface area (Å²) in [6.45, 7) is 3.16. The molecule has 104 valence electrons. The average molecular weight is 263 g/mol. The smallest absolute Gasteiger partial charge is 0.242 e. The van der Waals surface area contributed by atoms with Crippen molar-refractivity contribution in [1.29, 1.82) is 0 Å². The van der Waals surface area contributed by atoms with Gasteiger partial charge in [-0.15, -0.1) is 0 Å². The van der Waals surface area contributed by atoms with E-state index in [9.17, 15) is 9.90 Å². The molecule has 2 rings (SSSR count). The minimum absolute atomic E-state index is 0.0139. The average Bonchev–Trinajstić information content (AvgIpc) is 2.52. The van der Waals surface area contributed by atoms with Crippen LogP contribution in [0.4, 0.5) is 0 Å². The second-order valence-corrected chi connectivity index (χ2v) is 5.08. The van der Waals surface area contributed by atoms with Crippen LogP contribution in [0.2, 0.25) is 0 Å². The van der Waals surface area contributed by atoms with Crippen molar-refractivity contribution in [2.75, 3.05) is 20.2 Å². The molecular weight excluding hydrogens is 242 g/mol. The van der Waals surface area contributed by atoms with E-state index in [0.717, 1.165) is 12.1 Å². The molecule has 5 nitrogen and oxygen atoms in total. The predicted octanol–water partition coefficient (Wildman–Crippen LogP) is 0.495. The van der Waals surface area contributed by atoms with E-state index in [1.165, 1.54) is 0 Å². The third kappa shape index (κ3) is 3.11. The van der Waals surface area contributed by atoms with Crippen LogP contribution in [-0.4, -0.2) is 58.1 Å². The molecule has 1 aliphatic heterocycles. The molecule has 0 saturated carbocycles. The van der Waals surface area contributed by atoms with Gasteiger partial charge in [0.1, 0.15) is 6.04 Å². The third-order valence-corrected chi connectivity index (χ3v) is 3.85. The van der Waals surface area contributed by atoms with Gasteiger partial charge in [0, 0.05) is 18.8 Å². The molecule has 0 aromatic carbocycles. The zero-order valence-corrected chi connectivity index (χ0v) is 11.5. The zero-order chi connectivity index (χ0) is 13.8. The summed E-state index contributed by atoms with van der Waals surface area (Å²) in [5.41, 5.74) is 0.879. The number of hydrogen-bond acceptors (Lipinski definition) is 4.